The molecule has 3 heterocycles. The van der Waals surface area contributed by atoms with Crippen LogP contribution in [0.3, 0.4) is 0 Å². The van der Waals surface area contributed by atoms with E-state index in [1.807, 2.05) is 41.0 Å². The fourth-order valence-electron chi connectivity index (χ4n) is 4.91. The number of urea groups is 1. The van der Waals surface area contributed by atoms with Crippen molar-refractivity contribution in [1.82, 2.24) is 9.80 Å². The van der Waals surface area contributed by atoms with Crippen molar-refractivity contribution in [1.29, 1.82) is 0 Å². The molecule has 0 bridgehead atoms. The number of aryl methyl sites for hydroxylation is 1. The van der Waals surface area contributed by atoms with Crippen molar-refractivity contribution < 1.29 is 14.3 Å². The van der Waals surface area contributed by atoms with E-state index in [0.717, 1.165) is 56.4 Å². The second-order valence-corrected chi connectivity index (χ2v) is 8.64. The topological polar surface area (TPSA) is 61.9 Å². The summed E-state index contributed by atoms with van der Waals surface area (Å²) >= 11 is 0. The number of benzene rings is 1. The summed E-state index contributed by atoms with van der Waals surface area (Å²) in [5, 5.41) is 3.00. The third-order valence-electron chi connectivity index (χ3n) is 6.65. The lowest BCUT2D eigenvalue weighted by atomic mass is 9.80. The van der Waals surface area contributed by atoms with Crippen molar-refractivity contribution in [3.63, 3.8) is 0 Å². The van der Waals surface area contributed by atoms with Gasteiger partial charge in [-0.25, -0.2) is 4.79 Å². The van der Waals surface area contributed by atoms with Gasteiger partial charge in [-0.05, 0) is 56.7 Å². The van der Waals surface area contributed by atoms with Gasteiger partial charge in [0.05, 0.1) is 5.60 Å². The van der Waals surface area contributed by atoms with Crippen LogP contribution in [0, 0.1) is 12.8 Å². The lowest BCUT2D eigenvalue weighted by Crippen LogP contribution is -2.54. The van der Waals surface area contributed by atoms with E-state index < -0.39 is 0 Å². The van der Waals surface area contributed by atoms with E-state index in [0.29, 0.717) is 13.1 Å². The van der Waals surface area contributed by atoms with Crippen molar-refractivity contribution in [3.05, 3.63) is 29.8 Å². The average molecular weight is 386 g/mol. The first-order valence-electron chi connectivity index (χ1n) is 10.6. The molecule has 6 heteroatoms. The Hall–Kier alpha value is -2.08. The first-order valence-corrected chi connectivity index (χ1v) is 10.6. The third-order valence-corrected chi connectivity index (χ3v) is 6.65. The molecule has 4 rings (SSSR count). The van der Waals surface area contributed by atoms with Crippen LogP contribution in [0.25, 0.3) is 0 Å². The number of ether oxygens (including phenoxy) is 1. The maximum absolute atomic E-state index is 12.7. The molecule has 0 aliphatic carbocycles. The Morgan fingerprint density at radius 2 is 1.93 bits per heavy atom. The Kier molecular flexibility index (Phi) is 5.32. The monoisotopic (exact) mass is 385 g/mol. The van der Waals surface area contributed by atoms with Gasteiger partial charge in [0.15, 0.2) is 0 Å². The molecule has 1 unspecified atom stereocenters. The fraction of sp³-hybridized carbons (Fsp3) is 0.636. The van der Waals surface area contributed by atoms with Crippen LogP contribution >= 0.6 is 0 Å². The maximum atomic E-state index is 12.7. The zero-order chi connectivity index (χ0) is 19.7. The highest BCUT2D eigenvalue weighted by Gasteiger charge is 2.50. The fourth-order valence-corrected chi connectivity index (χ4v) is 4.91. The van der Waals surface area contributed by atoms with Crippen LogP contribution in [0.5, 0.6) is 0 Å². The Morgan fingerprint density at radius 3 is 2.64 bits per heavy atom. The van der Waals surface area contributed by atoms with Crippen molar-refractivity contribution in [2.75, 3.05) is 31.5 Å². The van der Waals surface area contributed by atoms with Crippen LogP contribution in [-0.2, 0) is 9.53 Å². The van der Waals surface area contributed by atoms with Crippen molar-refractivity contribution in [2.45, 2.75) is 57.7 Å². The van der Waals surface area contributed by atoms with Crippen LogP contribution in [0.4, 0.5) is 10.5 Å². The van der Waals surface area contributed by atoms with Gasteiger partial charge in [-0.2, -0.15) is 0 Å². The molecule has 28 heavy (non-hydrogen) atoms. The second-order valence-electron chi connectivity index (χ2n) is 8.64. The third kappa shape index (κ3) is 3.75. The smallest absolute Gasteiger partial charge is 0.321 e. The number of nitrogens with one attached hydrogen (secondary N) is 1. The summed E-state index contributed by atoms with van der Waals surface area (Å²) in [7, 11) is 0. The highest BCUT2D eigenvalue weighted by molar-refractivity contribution is 5.89. The highest BCUT2D eigenvalue weighted by Crippen LogP contribution is 2.43. The molecule has 3 atom stereocenters. The number of rotatable bonds is 2. The summed E-state index contributed by atoms with van der Waals surface area (Å²) in [5.41, 5.74) is 1.68. The van der Waals surface area contributed by atoms with Gasteiger partial charge in [-0.1, -0.05) is 19.1 Å². The normalized spacial score (nSPS) is 30.1. The zero-order valence-corrected chi connectivity index (χ0v) is 16.9. The molecule has 1 spiro atoms. The summed E-state index contributed by atoms with van der Waals surface area (Å²) < 4.78 is 6.39. The number of carbonyl (C=O) groups excluding carboxylic acids is 2. The van der Waals surface area contributed by atoms with Crippen molar-refractivity contribution in [2.24, 2.45) is 5.92 Å². The number of hydrogen-bond donors (Lipinski definition) is 1. The number of hydrogen-bond acceptors (Lipinski definition) is 3. The van der Waals surface area contributed by atoms with E-state index in [9.17, 15) is 9.59 Å². The molecule has 3 fully saturated rings. The van der Waals surface area contributed by atoms with E-state index in [-0.39, 0.29) is 29.6 Å². The minimum atomic E-state index is -0.298. The van der Waals surface area contributed by atoms with Crippen LogP contribution in [-0.4, -0.2) is 59.6 Å². The van der Waals surface area contributed by atoms with E-state index in [1.165, 1.54) is 0 Å². The second kappa shape index (κ2) is 7.74. The molecule has 3 aliphatic heterocycles. The summed E-state index contributed by atoms with van der Waals surface area (Å²) in [4.78, 5) is 29.2. The molecule has 1 aromatic carbocycles. The Labute approximate surface area is 167 Å². The average Bonchev–Trinajstić information content (AvgIpc) is 3.34. The van der Waals surface area contributed by atoms with Gasteiger partial charge >= 0.3 is 6.03 Å². The van der Waals surface area contributed by atoms with E-state index >= 15 is 0 Å². The minimum absolute atomic E-state index is 0.0602. The summed E-state index contributed by atoms with van der Waals surface area (Å²) in [5.74, 6) is 0.377. The summed E-state index contributed by atoms with van der Waals surface area (Å²) in [6, 6.07) is 7.79. The summed E-state index contributed by atoms with van der Waals surface area (Å²) in [6.07, 6.45) is 4.41. The molecule has 0 aromatic heterocycles. The number of anilines is 1. The number of likely N-dealkylation sites (tertiary alicyclic amines) is 2. The molecule has 6 nitrogen and oxygen atoms in total. The first-order chi connectivity index (χ1) is 13.5. The molecule has 3 saturated heterocycles. The quantitative estimate of drug-likeness (QED) is 0.849. The van der Waals surface area contributed by atoms with E-state index in [1.54, 1.807) is 0 Å². The lowest BCUT2D eigenvalue weighted by Gasteiger charge is -2.44. The van der Waals surface area contributed by atoms with Crippen molar-refractivity contribution in [3.8, 4) is 0 Å². The Bertz CT molecular complexity index is 746. The number of nitrogens with zero attached hydrogens (tertiary/aromatic N) is 2. The Morgan fingerprint density at radius 1 is 1.14 bits per heavy atom. The minimum Gasteiger partial charge on any atom is -0.362 e. The van der Waals surface area contributed by atoms with E-state index in [4.69, 9.17) is 4.74 Å². The number of amides is 3. The van der Waals surface area contributed by atoms with Gasteiger partial charge < -0.3 is 19.9 Å². The molecule has 3 amide bonds. The first kappa shape index (κ1) is 19.2. The van der Waals surface area contributed by atoms with Crippen molar-refractivity contribution >= 4 is 17.6 Å². The van der Waals surface area contributed by atoms with Gasteiger partial charge in [0.25, 0.3) is 5.91 Å². The zero-order valence-electron chi connectivity index (χ0n) is 16.9. The molecular formula is C22H31N3O3. The number of carbonyl (C=O) groups is 2. The largest absolute Gasteiger partial charge is 0.362 e. The predicted octanol–water partition coefficient (Wildman–Crippen LogP) is 3.41. The van der Waals surface area contributed by atoms with Gasteiger partial charge in [0.1, 0.15) is 6.10 Å². The van der Waals surface area contributed by atoms with Gasteiger partial charge in [0, 0.05) is 37.8 Å². The van der Waals surface area contributed by atoms with E-state index in [2.05, 4.69) is 12.2 Å². The molecule has 0 radical (unpaired) electrons. The van der Waals surface area contributed by atoms with Crippen LogP contribution in [0.15, 0.2) is 24.3 Å². The van der Waals surface area contributed by atoms with Gasteiger partial charge in [-0.3, -0.25) is 4.79 Å². The lowest BCUT2D eigenvalue weighted by molar-refractivity contribution is -0.154. The standard InChI is InChI=1S/C22H31N3O3/c1-16-6-5-7-18(14-16)23-21(27)25-13-10-22(17(2)15-25)9-8-19(28-22)20(26)24-11-3-4-12-24/h5-7,14,17,19H,3-4,8-13,15H2,1-2H3,(H,23,27)/t17-,19?,22+/m1/s1. The van der Waals surface area contributed by atoms with Crippen LogP contribution in [0.2, 0.25) is 0 Å². The predicted molar refractivity (Wildman–Crippen MR) is 108 cm³/mol. The SMILES string of the molecule is Cc1cccc(NC(=O)N2CC[C@@]3(CCC(C(=O)N4CCCC4)O3)[C@H](C)C2)c1. The highest BCUT2D eigenvalue weighted by atomic mass is 16.5. The number of piperidine rings is 1. The van der Waals surface area contributed by atoms with Gasteiger partial charge in [0.2, 0.25) is 0 Å². The molecule has 152 valence electrons. The molecule has 1 aromatic rings. The molecule has 3 aliphatic rings. The Balaban J connectivity index is 1.34. The van der Waals surface area contributed by atoms with Gasteiger partial charge in [-0.15, -0.1) is 0 Å². The molecule has 0 saturated carbocycles. The van der Waals surface area contributed by atoms with Crippen LogP contribution in [0.1, 0.15) is 44.6 Å². The summed E-state index contributed by atoms with van der Waals surface area (Å²) in [6.45, 7) is 7.21. The maximum Gasteiger partial charge on any atom is 0.321 e. The molecular weight excluding hydrogens is 354 g/mol. The van der Waals surface area contributed by atoms with Crippen LogP contribution < -0.4 is 5.32 Å². The molecule has 1 N–H and O–H groups in total.